The minimum atomic E-state index is -0.866. The lowest BCUT2D eigenvalue weighted by Gasteiger charge is -2.14. The van der Waals surface area contributed by atoms with Gasteiger partial charge in [0.05, 0.1) is 14.2 Å². The van der Waals surface area contributed by atoms with Crippen LogP contribution in [0.4, 0.5) is 0 Å². The predicted octanol–water partition coefficient (Wildman–Crippen LogP) is -0.217. The number of carbonyl (C=O) groups is 3. The number of rotatable bonds is 6. The molecule has 6 heteroatoms. The van der Waals surface area contributed by atoms with E-state index < -0.39 is 23.9 Å². The standard InChI is InChI=1S/C10H15NO5/c1-4-8(12)11-7(10(14)16-3)5-6-9(13)15-2/h4,7H,1,5-6H2,2-3H3,(H,11,12). The molecule has 0 bridgehead atoms. The second-order valence-corrected chi connectivity index (χ2v) is 2.90. The van der Waals surface area contributed by atoms with Gasteiger partial charge in [0.2, 0.25) is 5.91 Å². The third-order valence-electron chi connectivity index (χ3n) is 1.85. The molecule has 0 aliphatic rings. The molecule has 0 saturated carbocycles. The van der Waals surface area contributed by atoms with Crippen LogP contribution >= 0.6 is 0 Å². The summed E-state index contributed by atoms with van der Waals surface area (Å²) in [6.45, 7) is 3.25. The van der Waals surface area contributed by atoms with Crippen molar-refractivity contribution in [2.75, 3.05) is 14.2 Å². The molecule has 1 unspecified atom stereocenters. The van der Waals surface area contributed by atoms with E-state index >= 15 is 0 Å². The van der Waals surface area contributed by atoms with Crippen LogP contribution in [0.2, 0.25) is 0 Å². The minimum Gasteiger partial charge on any atom is -0.469 e. The van der Waals surface area contributed by atoms with Crippen LogP contribution in [0.3, 0.4) is 0 Å². The van der Waals surface area contributed by atoms with Crippen molar-refractivity contribution in [3.63, 3.8) is 0 Å². The quantitative estimate of drug-likeness (QED) is 0.503. The molecule has 0 rings (SSSR count). The lowest BCUT2D eigenvalue weighted by Crippen LogP contribution is -2.41. The van der Waals surface area contributed by atoms with E-state index in [-0.39, 0.29) is 12.8 Å². The summed E-state index contributed by atoms with van der Waals surface area (Å²) < 4.78 is 8.90. The summed E-state index contributed by atoms with van der Waals surface area (Å²) in [5, 5.41) is 2.36. The number of esters is 2. The molecule has 0 radical (unpaired) electrons. The zero-order valence-corrected chi connectivity index (χ0v) is 9.32. The summed E-state index contributed by atoms with van der Waals surface area (Å²) in [7, 11) is 2.45. The van der Waals surface area contributed by atoms with Crippen molar-refractivity contribution in [3.8, 4) is 0 Å². The van der Waals surface area contributed by atoms with Gasteiger partial charge in [-0.1, -0.05) is 6.58 Å². The Kier molecular flexibility index (Phi) is 6.58. The van der Waals surface area contributed by atoms with Crippen molar-refractivity contribution in [1.29, 1.82) is 0 Å². The lowest BCUT2D eigenvalue weighted by molar-refractivity contribution is -0.146. The smallest absolute Gasteiger partial charge is 0.328 e. The monoisotopic (exact) mass is 229 g/mol. The zero-order chi connectivity index (χ0) is 12.6. The van der Waals surface area contributed by atoms with Crippen molar-refractivity contribution in [1.82, 2.24) is 5.32 Å². The Labute approximate surface area is 93.6 Å². The van der Waals surface area contributed by atoms with Gasteiger partial charge in [-0.3, -0.25) is 9.59 Å². The molecule has 16 heavy (non-hydrogen) atoms. The van der Waals surface area contributed by atoms with Gasteiger partial charge in [0.1, 0.15) is 6.04 Å². The van der Waals surface area contributed by atoms with Crippen molar-refractivity contribution < 1.29 is 23.9 Å². The zero-order valence-electron chi connectivity index (χ0n) is 9.32. The molecule has 0 aromatic carbocycles. The number of amides is 1. The minimum absolute atomic E-state index is 0.0215. The van der Waals surface area contributed by atoms with Crippen LogP contribution in [0.25, 0.3) is 0 Å². The van der Waals surface area contributed by atoms with Crippen LogP contribution in [0.5, 0.6) is 0 Å². The topological polar surface area (TPSA) is 81.7 Å². The van der Waals surface area contributed by atoms with Crippen LogP contribution in [0, 0.1) is 0 Å². The highest BCUT2D eigenvalue weighted by Crippen LogP contribution is 2.01. The normalized spacial score (nSPS) is 11.1. The molecule has 0 heterocycles. The van der Waals surface area contributed by atoms with E-state index in [1.807, 2.05) is 0 Å². The lowest BCUT2D eigenvalue weighted by atomic mass is 10.1. The van der Waals surface area contributed by atoms with E-state index in [2.05, 4.69) is 21.4 Å². The number of methoxy groups -OCH3 is 2. The molecule has 6 nitrogen and oxygen atoms in total. The highest BCUT2D eigenvalue weighted by molar-refractivity contribution is 5.91. The first-order valence-electron chi connectivity index (χ1n) is 4.62. The largest absolute Gasteiger partial charge is 0.469 e. The average molecular weight is 229 g/mol. The fraction of sp³-hybridized carbons (Fsp3) is 0.500. The number of nitrogens with one attached hydrogen (secondary N) is 1. The molecule has 1 amide bonds. The van der Waals surface area contributed by atoms with Crippen molar-refractivity contribution >= 4 is 17.8 Å². The van der Waals surface area contributed by atoms with E-state index in [4.69, 9.17) is 0 Å². The highest BCUT2D eigenvalue weighted by atomic mass is 16.5. The molecule has 1 N–H and O–H groups in total. The molecule has 90 valence electrons. The Bertz CT molecular complexity index is 287. The van der Waals surface area contributed by atoms with Crippen LogP contribution < -0.4 is 5.32 Å². The summed E-state index contributed by atoms with van der Waals surface area (Å²) in [4.78, 5) is 33.1. The Hall–Kier alpha value is -1.85. The van der Waals surface area contributed by atoms with E-state index in [1.165, 1.54) is 14.2 Å². The molecular formula is C10H15NO5. The molecule has 0 spiro atoms. The van der Waals surface area contributed by atoms with Crippen LogP contribution in [0.1, 0.15) is 12.8 Å². The fourth-order valence-corrected chi connectivity index (χ4v) is 0.986. The number of hydrogen-bond acceptors (Lipinski definition) is 5. The summed E-state index contributed by atoms with van der Waals surface area (Å²) in [6.07, 6.45) is 1.18. The first-order valence-corrected chi connectivity index (χ1v) is 4.62. The fourth-order valence-electron chi connectivity index (χ4n) is 0.986. The van der Waals surface area contributed by atoms with E-state index in [0.29, 0.717) is 0 Å². The van der Waals surface area contributed by atoms with Gasteiger partial charge < -0.3 is 14.8 Å². The van der Waals surface area contributed by atoms with Crippen LogP contribution in [-0.4, -0.2) is 38.1 Å². The number of ether oxygens (including phenoxy) is 2. The van der Waals surface area contributed by atoms with Crippen molar-refractivity contribution in [2.24, 2.45) is 0 Å². The molecule has 0 saturated heterocycles. The summed E-state index contributed by atoms with van der Waals surface area (Å²) in [5.74, 6) is -1.57. The first kappa shape index (κ1) is 14.2. The second-order valence-electron chi connectivity index (χ2n) is 2.90. The van der Waals surface area contributed by atoms with E-state index in [0.717, 1.165) is 6.08 Å². The average Bonchev–Trinajstić information content (AvgIpc) is 2.32. The Morgan fingerprint density at radius 1 is 1.31 bits per heavy atom. The van der Waals surface area contributed by atoms with E-state index in [9.17, 15) is 14.4 Å². The maximum Gasteiger partial charge on any atom is 0.328 e. The maximum atomic E-state index is 11.2. The SMILES string of the molecule is C=CC(=O)NC(CCC(=O)OC)C(=O)OC. The number of carbonyl (C=O) groups excluding carboxylic acids is 3. The predicted molar refractivity (Wildman–Crippen MR) is 55.4 cm³/mol. The molecule has 1 atom stereocenters. The maximum absolute atomic E-state index is 11.2. The summed E-state index contributed by atoms with van der Waals surface area (Å²) in [5.41, 5.74) is 0. The Balaban J connectivity index is 4.31. The van der Waals surface area contributed by atoms with Gasteiger partial charge >= 0.3 is 11.9 Å². The van der Waals surface area contributed by atoms with Crippen LogP contribution in [-0.2, 0) is 23.9 Å². The third-order valence-corrected chi connectivity index (χ3v) is 1.85. The van der Waals surface area contributed by atoms with Crippen molar-refractivity contribution in [2.45, 2.75) is 18.9 Å². The Morgan fingerprint density at radius 3 is 2.38 bits per heavy atom. The molecule has 0 aromatic heterocycles. The van der Waals surface area contributed by atoms with Gasteiger partial charge in [0, 0.05) is 6.42 Å². The van der Waals surface area contributed by atoms with Gasteiger partial charge in [-0.15, -0.1) is 0 Å². The Morgan fingerprint density at radius 2 is 1.94 bits per heavy atom. The molecule has 0 aromatic rings. The number of hydrogen-bond donors (Lipinski definition) is 1. The van der Waals surface area contributed by atoms with Gasteiger partial charge in [-0.2, -0.15) is 0 Å². The van der Waals surface area contributed by atoms with Gasteiger partial charge in [-0.25, -0.2) is 4.79 Å². The second kappa shape index (κ2) is 7.44. The molecular weight excluding hydrogens is 214 g/mol. The van der Waals surface area contributed by atoms with Crippen molar-refractivity contribution in [3.05, 3.63) is 12.7 Å². The summed E-state index contributed by atoms with van der Waals surface area (Å²) in [6, 6.07) is -0.866. The van der Waals surface area contributed by atoms with Gasteiger partial charge in [0.15, 0.2) is 0 Å². The highest BCUT2D eigenvalue weighted by Gasteiger charge is 2.21. The molecule has 0 aliphatic heterocycles. The van der Waals surface area contributed by atoms with Gasteiger partial charge in [-0.05, 0) is 12.5 Å². The molecule has 0 fully saturated rings. The van der Waals surface area contributed by atoms with E-state index in [1.54, 1.807) is 0 Å². The van der Waals surface area contributed by atoms with Crippen LogP contribution in [0.15, 0.2) is 12.7 Å². The first-order chi connectivity index (χ1) is 7.54. The van der Waals surface area contributed by atoms with Gasteiger partial charge in [0.25, 0.3) is 0 Å². The molecule has 0 aliphatic carbocycles. The third kappa shape index (κ3) is 5.14. The summed E-state index contributed by atoms with van der Waals surface area (Å²) >= 11 is 0.